The predicted molar refractivity (Wildman–Crippen MR) is 99.1 cm³/mol. The fourth-order valence-corrected chi connectivity index (χ4v) is 2.69. The molecule has 0 unspecified atom stereocenters. The van der Waals surface area contributed by atoms with Gasteiger partial charge in [0.25, 0.3) is 0 Å². The molecule has 10 heteroatoms. The fraction of sp³-hybridized carbons (Fsp3) is 0.611. The first-order valence-electron chi connectivity index (χ1n) is 9.36. The Morgan fingerprint density at radius 2 is 2.18 bits per heavy atom. The van der Waals surface area contributed by atoms with Crippen molar-refractivity contribution in [1.82, 2.24) is 20.5 Å². The van der Waals surface area contributed by atoms with Gasteiger partial charge >= 0.3 is 6.18 Å². The van der Waals surface area contributed by atoms with Gasteiger partial charge in [-0.15, -0.1) is 0 Å². The monoisotopic (exact) mass is 401 g/mol. The number of likely N-dealkylation sites (tertiary alicyclic amines) is 1. The molecule has 0 atom stereocenters. The zero-order valence-electron chi connectivity index (χ0n) is 15.9. The van der Waals surface area contributed by atoms with Gasteiger partial charge in [0.15, 0.2) is 5.96 Å². The van der Waals surface area contributed by atoms with Crippen molar-refractivity contribution in [3.63, 3.8) is 0 Å². The number of carbonyl (C=O) groups excluding carboxylic acids is 1. The van der Waals surface area contributed by atoms with E-state index in [4.69, 9.17) is 4.74 Å². The maximum Gasteiger partial charge on any atom is 0.417 e. The van der Waals surface area contributed by atoms with Gasteiger partial charge in [-0.2, -0.15) is 13.2 Å². The van der Waals surface area contributed by atoms with Gasteiger partial charge in [0.2, 0.25) is 11.8 Å². The first-order chi connectivity index (χ1) is 13.4. The van der Waals surface area contributed by atoms with E-state index in [1.165, 1.54) is 6.07 Å². The molecule has 0 bridgehead atoms. The first-order valence-corrected chi connectivity index (χ1v) is 9.36. The Bertz CT molecular complexity index is 650. The maximum atomic E-state index is 12.5. The Kier molecular flexibility index (Phi) is 8.34. The average Bonchev–Trinajstić information content (AvgIpc) is 3.06. The van der Waals surface area contributed by atoms with Crippen LogP contribution in [0.2, 0.25) is 0 Å². The number of ether oxygens (including phenoxy) is 1. The summed E-state index contributed by atoms with van der Waals surface area (Å²) in [4.78, 5) is 21.5. The van der Waals surface area contributed by atoms with Crippen molar-refractivity contribution in [2.75, 3.05) is 39.3 Å². The molecule has 1 aliphatic rings. The molecular formula is C18H26F3N5O2. The second kappa shape index (κ2) is 10.7. The molecule has 2 heterocycles. The number of aliphatic imine (C=N–C) groups is 1. The maximum absolute atomic E-state index is 12.5. The average molecular weight is 401 g/mol. The smallest absolute Gasteiger partial charge is 0.417 e. The molecule has 1 amide bonds. The second-order valence-corrected chi connectivity index (χ2v) is 6.26. The number of amides is 1. The fourth-order valence-electron chi connectivity index (χ4n) is 2.69. The van der Waals surface area contributed by atoms with Crippen LogP contribution in [0.1, 0.15) is 31.7 Å². The summed E-state index contributed by atoms with van der Waals surface area (Å²) >= 11 is 0. The Hall–Kier alpha value is -2.52. The highest BCUT2D eigenvalue weighted by atomic mass is 19.4. The molecule has 1 saturated heterocycles. The molecule has 2 rings (SSSR count). The van der Waals surface area contributed by atoms with Gasteiger partial charge in [0, 0.05) is 44.9 Å². The van der Waals surface area contributed by atoms with Crippen molar-refractivity contribution in [3.05, 3.63) is 23.9 Å². The lowest BCUT2D eigenvalue weighted by Gasteiger charge is -2.15. The summed E-state index contributed by atoms with van der Waals surface area (Å²) in [5.74, 6) is 0.967. The Labute approximate surface area is 162 Å². The van der Waals surface area contributed by atoms with Crippen LogP contribution in [-0.4, -0.2) is 61.1 Å². The lowest BCUT2D eigenvalue weighted by atomic mass is 10.3. The van der Waals surface area contributed by atoms with Gasteiger partial charge < -0.3 is 20.3 Å². The molecule has 28 heavy (non-hydrogen) atoms. The zero-order valence-corrected chi connectivity index (χ0v) is 15.9. The topological polar surface area (TPSA) is 78.9 Å². The Morgan fingerprint density at radius 3 is 2.79 bits per heavy atom. The van der Waals surface area contributed by atoms with Crippen LogP contribution in [0.15, 0.2) is 23.3 Å². The third-order valence-corrected chi connectivity index (χ3v) is 4.08. The van der Waals surface area contributed by atoms with Crippen LogP contribution < -0.4 is 15.4 Å². The van der Waals surface area contributed by atoms with Crippen molar-refractivity contribution in [2.24, 2.45) is 4.99 Å². The van der Waals surface area contributed by atoms with E-state index < -0.39 is 11.7 Å². The van der Waals surface area contributed by atoms with Crippen LogP contribution in [-0.2, 0) is 11.0 Å². The summed E-state index contributed by atoms with van der Waals surface area (Å²) in [6.45, 7) is 5.41. The standard InChI is InChI=1S/C18H26F3N5O2/c1-2-22-17(23-8-4-11-26-10-3-5-16(26)27)24-9-12-28-15-7-6-14(13-25-15)18(19,20)21/h6-7,13H,2-5,8-12H2,1H3,(H2,22,23,24). The third kappa shape index (κ3) is 7.24. The predicted octanol–water partition coefficient (Wildman–Crippen LogP) is 2.05. The Morgan fingerprint density at radius 1 is 1.36 bits per heavy atom. The van der Waals surface area contributed by atoms with Crippen LogP contribution in [0.25, 0.3) is 0 Å². The molecule has 156 valence electrons. The largest absolute Gasteiger partial charge is 0.476 e. The highest BCUT2D eigenvalue weighted by molar-refractivity contribution is 5.79. The van der Waals surface area contributed by atoms with Crippen molar-refractivity contribution >= 4 is 11.9 Å². The molecule has 2 N–H and O–H groups in total. The number of hydrogen-bond acceptors (Lipinski definition) is 4. The van der Waals surface area contributed by atoms with Crippen LogP contribution >= 0.6 is 0 Å². The highest BCUT2D eigenvalue weighted by Crippen LogP contribution is 2.29. The van der Waals surface area contributed by atoms with Crippen molar-refractivity contribution in [3.8, 4) is 5.88 Å². The number of rotatable bonds is 9. The first kappa shape index (κ1) is 21.8. The minimum absolute atomic E-state index is 0.131. The number of halogens is 3. The Balaban J connectivity index is 1.68. The summed E-state index contributed by atoms with van der Waals surface area (Å²) in [5, 5.41) is 6.19. The van der Waals surface area contributed by atoms with E-state index in [1.807, 2.05) is 11.8 Å². The van der Waals surface area contributed by atoms with Crippen LogP contribution in [0.4, 0.5) is 13.2 Å². The molecule has 1 aliphatic heterocycles. The van der Waals surface area contributed by atoms with E-state index in [2.05, 4.69) is 20.6 Å². The third-order valence-electron chi connectivity index (χ3n) is 4.08. The summed E-state index contributed by atoms with van der Waals surface area (Å²) in [7, 11) is 0. The number of nitrogens with zero attached hydrogens (tertiary/aromatic N) is 3. The van der Waals surface area contributed by atoms with Gasteiger partial charge in [-0.25, -0.2) is 4.98 Å². The summed E-state index contributed by atoms with van der Waals surface area (Å²) in [6.07, 6.45) is -1.30. The van der Waals surface area contributed by atoms with Crippen LogP contribution in [0.3, 0.4) is 0 Å². The summed E-state index contributed by atoms with van der Waals surface area (Å²) < 4.78 is 42.8. The minimum Gasteiger partial charge on any atom is -0.476 e. The normalized spacial score (nSPS) is 15.1. The van der Waals surface area contributed by atoms with E-state index in [1.54, 1.807) is 0 Å². The molecular weight excluding hydrogens is 375 g/mol. The lowest BCUT2D eigenvalue weighted by molar-refractivity contribution is -0.137. The highest BCUT2D eigenvalue weighted by Gasteiger charge is 2.30. The van der Waals surface area contributed by atoms with Crippen LogP contribution in [0.5, 0.6) is 5.88 Å². The zero-order chi connectivity index (χ0) is 20.4. The van der Waals surface area contributed by atoms with E-state index in [0.29, 0.717) is 38.6 Å². The molecule has 7 nitrogen and oxygen atoms in total. The molecule has 0 aromatic carbocycles. The number of hydrogen-bond donors (Lipinski definition) is 2. The number of carbonyl (C=O) groups is 1. The quantitative estimate of drug-likeness (QED) is 0.376. The molecule has 1 aromatic rings. The molecule has 0 spiro atoms. The van der Waals surface area contributed by atoms with Crippen molar-refractivity contribution in [1.29, 1.82) is 0 Å². The van der Waals surface area contributed by atoms with Crippen LogP contribution in [0, 0.1) is 0 Å². The lowest BCUT2D eigenvalue weighted by Crippen LogP contribution is -2.39. The second-order valence-electron chi connectivity index (χ2n) is 6.26. The number of aromatic nitrogens is 1. The summed E-state index contributed by atoms with van der Waals surface area (Å²) in [5.41, 5.74) is -0.810. The van der Waals surface area contributed by atoms with Gasteiger partial charge in [-0.3, -0.25) is 9.79 Å². The molecule has 0 radical (unpaired) electrons. The molecule has 0 aliphatic carbocycles. The van der Waals surface area contributed by atoms with E-state index >= 15 is 0 Å². The van der Waals surface area contributed by atoms with Crippen molar-refractivity contribution in [2.45, 2.75) is 32.4 Å². The van der Waals surface area contributed by atoms with E-state index in [0.717, 1.165) is 31.6 Å². The van der Waals surface area contributed by atoms with Gasteiger partial charge in [0.1, 0.15) is 6.61 Å². The minimum atomic E-state index is -4.41. The molecule has 0 saturated carbocycles. The summed E-state index contributed by atoms with van der Waals surface area (Å²) in [6, 6.07) is 2.13. The van der Waals surface area contributed by atoms with E-state index in [9.17, 15) is 18.0 Å². The number of nitrogens with one attached hydrogen (secondary N) is 2. The van der Waals surface area contributed by atoms with Crippen molar-refractivity contribution < 1.29 is 22.7 Å². The van der Waals surface area contributed by atoms with E-state index in [-0.39, 0.29) is 18.4 Å². The molecule has 1 fully saturated rings. The van der Waals surface area contributed by atoms with Gasteiger partial charge in [0.05, 0.1) is 12.1 Å². The molecule has 1 aromatic heterocycles. The number of alkyl halides is 3. The van der Waals surface area contributed by atoms with Gasteiger partial charge in [-0.05, 0) is 25.8 Å². The number of guanidine groups is 1. The van der Waals surface area contributed by atoms with Gasteiger partial charge in [-0.1, -0.05) is 0 Å². The SMILES string of the molecule is CCNC(=NCCCN1CCCC1=O)NCCOc1ccc(C(F)(F)F)cn1. The number of pyridine rings is 1.